The number of carbonyl (C=O) groups excluding carboxylic acids is 1. The van der Waals surface area contributed by atoms with Gasteiger partial charge in [0.15, 0.2) is 0 Å². The van der Waals surface area contributed by atoms with E-state index in [1.54, 1.807) is 0 Å². The van der Waals surface area contributed by atoms with E-state index < -0.39 is 11.1 Å². The molecular formula is C19H27N2O2. The van der Waals surface area contributed by atoms with E-state index in [1.165, 1.54) is 0 Å². The minimum atomic E-state index is -0.844. The number of piperazine rings is 1. The van der Waals surface area contributed by atoms with E-state index in [1.807, 2.05) is 36.9 Å². The molecule has 1 spiro atoms. The van der Waals surface area contributed by atoms with Crippen LogP contribution in [0.2, 0.25) is 0 Å². The van der Waals surface area contributed by atoms with Gasteiger partial charge in [0.2, 0.25) is 5.91 Å². The summed E-state index contributed by atoms with van der Waals surface area (Å²) < 4.78 is 0. The van der Waals surface area contributed by atoms with Crippen molar-refractivity contribution in [1.82, 2.24) is 9.96 Å². The molecule has 1 heterocycles. The van der Waals surface area contributed by atoms with E-state index in [9.17, 15) is 10.0 Å². The highest BCUT2D eigenvalue weighted by molar-refractivity contribution is 5.88. The molecule has 4 heteroatoms. The fourth-order valence-corrected chi connectivity index (χ4v) is 4.26. The van der Waals surface area contributed by atoms with E-state index >= 15 is 0 Å². The molecule has 0 bridgehead atoms. The molecule has 1 unspecified atom stereocenters. The van der Waals surface area contributed by atoms with Gasteiger partial charge in [0.1, 0.15) is 5.54 Å². The summed E-state index contributed by atoms with van der Waals surface area (Å²) in [4.78, 5) is 15.2. The Balaban J connectivity index is 1.96. The Bertz CT molecular complexity index is 564. The van der Waals surface area contributed by atoms with Crippen molar-refractivity contribution in [2.45, 2.75) is 70.0 Å². The van der Waals surface area contributed by atoms with Crippen LogP contribution >= 0.6 is 0 Å². The quantitative estimate of drug-likeness (QED) is 0.835. The number of hydrogen-bond donors (Lipinski definition) is 0. The molecule has 2 aliphatic rings. The summed E-state index contributed by atoms with van der Waals surface area (Å²) in [6.45, 7) is 6.48. The minimum absolute atomic E-state index is 0.00419. The molecule has 1 aromatic rings. The van der Waals surface area contributed by atoms with Crippen molar-refractivity contribution in [2.24, 2.45) is 0 Å². The summed E-state index contributed by atoms with van der Waals surface area (Å²) >= 11 is 0. The summed E-state index contributed by atoms with van der Waals surface area (Å²) in [5.41, 5.74) is -0.265. The first-order valence-corrected chi connectivity index (χ1v) is 8.72. The average Bonchev–Trinajstić information content (AvgIpc) is 2.58. The second kappa shape index (κ2) is 5.91. The zero-order valence-electron chi connectivity index (χ0n) is 14.4. The Hall–Kier alpha value is -1.39. The van der Waals surface area contributed by atoms with Crippen LogP contribution in [0.5, 0.6) is 0 Å². The Labute approximate surface area is 139 Å². The molecule has 2 fully saturated rings. The number of carbonyl (C=O) groups is 1. The first-order valence-electron chi connectivity index (χ1n) is 8.72. The SMILES string of the molecule is CC(c1ccccc1)N1CC(C)(C)N([O])C2(CCCCC2)C1=O. The van der Waals surface area contributed by atoms with Gasteiger partial charge in [-0.1, -0.05) is 49.6 Å². The highest BCUT2D eigenvalue weighted by Gasteiger charge is 2.57. The van der Waals surface area contributed by atoms with E-state index in [0.29, 0.717) is 19.4 Å². The Morgan fingerprint density at radius 2 is 1.65 bits per heavy atom. The normalized spacial score (nSPS) is 25.6. The van der Waals surface area contributed by atoms with E-state index in [0.717, 1.165) is 29.9 Å². The highest BCUT2D eigenvalue weighted by Crippen LogP contribution is 2.44. The van der Waals surface area contributed by atoms with Crippen molar-refractivity contribution >= 4 is 5.91 Å². The van der Waals surface area contributed by atoms with Gasteiger partial charge in [0.05, 0.1) is 11.6 Å². The van der Waals surface area contributed by atoms with Crippen molar-refractivity contribution in [3.05, 3.63) is 35.9 Å². The van der Waals surface area contributed by atoms with Gasteiger partial charge in [-0.15, -0.1) is 10.3 Å². The van der Waals surface area contributed by atoms with Gasteiger partial charge in [0, 0.05) is 6.54 Å². The summed E-state index contributed by atoms with van der Waals surface area (Å²) in [7, 11) is 0. The van der Waals surface area contributed by atoms with Crippen LogP contribution in [0.25, 0.3) is 0 Å². The fourth-order valence-electron chi connectivity index (χ4n) is 4.26. The number of rotatable bonds is 2. The van der Waals surface area contributed by atoms with Crippen molar-refractivity contribution < 1.29 is 10.0 Å². The maximum absolute atomic E-state index is 13.3. The third kappa shape index (κ3) is 2.68. The van der Waals surface area contributed by atoms with Gasteiger partial charge < -0.3 is 4.90 Å². The third-order valence-corrected chi connectivity index (χ3v) is 5.58. The van der Waals surface area contributed by atoms with Crippen LogP contribution in [0, 0.1) is 0 Å². The predicted molar refractivity (Wildman–Crippen MR) is 89.0 cm³/mol. The molecule has 1 saturated heterocycles. The summed E-state index contributed by atoms with van der Waals surface area (Å²) in [6.07, 6.45) is 4.44. The predicted octanol–water partition coefficient (Wildman–Crippen LogP) is 3.72. The van der Waals surface area contributed by atoms with Gasteiger partial charge in [-0.3, -0.25) is 4.79 Å². The maximum atomic E-state index is 13.3. The molecule has 1 amide bonds. The number of hydrogen-bond acceptors (Lipinski definition) is 2. The average molecular weight is 315 g/mol. The van der Waals surface area contributed by atoms with Gasteiger partial charge in [-0.25, -0.2) is 0 Å². The Kier molecular flexibility index (Phi) is 4.23. The lowest BCUT2D eigenvalue weighted by Gasteiger charge is -2.55. The van der Waals surface area contributed by atoms with E-state index in [-0.39, 0.29) is 11.9 Å². The molecular weight excluding hydrogens is 288 g/mol. The first kappa shape index (κ1) is 16.5. The molecule has 1 aromatic carbocycles. The lowest BCUT2D eigenvalue weighted by atomic mass is 9.75. The molecule has 0 N–H and O–H groups in total. The van der Waals surface area contributed by atoms with Crippen LogP contribution in [-0.2, 0) is 10.0 Å². The van der Waals surface area contributed by atoms with E-state index in [4.69, 9.17) is 0 Å². The Morgan fingerprint density at radius 1 is 1.04 bits per heavy atom. The summed E-state index contributed by atoms with van der Waals surface area (Å²) in [5, 5.41) is 14.1. The van der Waals surface area contributed by atoms with Crippen molar-refractivity contribution in [1.29, 1.82) is 0 Å². The second-order valence-electron chi connectivity index (χ2n) is 7.72. The molecule has 4 nitrogen and oxygen atoms in total. The lowest BCUT2D eigenvalue weighted by Crippen LogP contribution is -2.72. The van der Waals surface area contributed by atoms with Crippen molar-refractivity contribution in [3.63, 3.8) is 0 Å². The number of amides is 1. The molecule has 1 radical (unpaired) electrons. The van der Waals surface area contributed by atoms with Crippen LogP contribution < -0.4 is 0 Å². The lowest BCUT2D eigenvalue weighted by molar-refractivity contribution is -0.299. The zero-order valence-corrected chi connectivity index (χ0v) is 14.4. The van der Waals surface area contributed by atoms with Crippen LogP contribution in [-0.4, -0.2) is 33.5 Å². The fraction of sp³-hybridized carbons (Fsp3) is 0.632. The van der Waals surface area contributed by atoms with Crippen molar-refractivity contribution in [3.8, 4) is 0 Å². The molecule has 1 atom stereocenters. The topological polar surface area (TPSA) is 43.5 Å². The molecule has 1 aliphatic carbocycles. The smallest absolute Gasteiger partial charge is 0.246 e. The molecule has 23 heavy (non-hydrogen) atoms. The van der Waals surface area contributed by atoms with Crippen LogP contribution in [0.15, 0.2) is 30.3 Å². The maximum Gasteiger partial charge on any atom is 0.246 e. The standard InChI is InChI=1S/C19H27N2O2/c1-15(16-10-6-4-7-11-16)20-14-18(2,3)21(23)19(17(20)22)12-8-5-9-13-19/h4,6-7,10-11,15H,5,8-9,12-14H2,1-3H3. The Morgan fingerprint density at radius 3 is 2.26 bits per heavy atom. The molecule has 125 valence electrons. The van der Waals surface area contributed by atoms with Gasteiger partial charge >= 0.3 is 0 Å². The molecule has 3 rings (SSSR count). The zero-order chi connectivity index (χ0) is 16.7. The van der Waals surface area contributed by atoms with Gasteiger partial charge in [-0.05, 0) is 39.2 Å². The van der Waals surface area contributed by atoms with Crippen LogP contribution in [0.3, 0.4) is 0 Å². The largest absolute Gasteiger partial charge is 0.332 e. The molecule has 1 saturated carbocycles. The third-order valence-electron chi connectivity index (χ3n) is 5.58. The molecule has 0 aromatic heterocycles. The number of hydroxylamine groups is 2. The van der Waals surface area contributed by atoms with Crippen molar-refractivity contribution in [2.75, 3.05) is 6.54 Å². The monoisotopic (exact) mass is 315 g/mol. The number of nitrogens with zero attached hydrogens (tertiary/aromatic N) is 2. The summed E-state index contributed by atoms with van der Waals surface area (Å²) in [5.74, 6) is 0.0304. The summed E-state index contributed by atoms with van der Waals surface area (Å²) in [6, 6.07) is 10.1. The first-order chi connectivity index (χ1) is 10.9. The number of benzene rings is 1. The minimum Gasteiger partial charge on any atom is -0.332 e. The van der Waals surface area contributed by atoms with Crippen LogP contribution in [0.1, 0.15) is 64.5 Å². The second-order valence-corrected chi connectivity index (χ2v) is 7.72. The molecule has 1 aliphatic heterocycles. The van der Waals surface area contributed by atoms with Gasteiger partial charge in [0.25, 0.3) is 0 Å². The van der Waals surface area contributed by atoms with Crippen LogP contribution in [0.4, 0.5) is 0 Å². The van der Waals surface area contributed by atoms with Gasteiger partial charge in [-0.2, -0.15) is 0 Å². The highest BCUT2D eigenvalue weighted by atomic mass is 16.5. The van der Waals surface area contributed by atoms with E-state index in [2.05, 4.69) is 19.1 Å².